The van der Waals surface area contributed by atoms with Gasteiger partial charge in [0.2, 0.25) is 5.91 Å². The van der Waals surface area contributed by atoms with E-state index in [1.54, 1.807) is 48.3 Å². The van der Waals surface area contributed by atoms with Gasteiger partial charge in [-0.25, -0.2) is 8.42 Å². The van der Waals surface area contributed by atoms with Crippen LogP contribution < -0.4 is 10.0 Å². The van der Waals surface area contributed by atoms with Gasteiger partial charge in [0.25, 0.3) is 10.0 Å². The zero-order valence-electron chi connectivity index (χ0n) is 25.0. The molecule has 1 aliphatic heterocycles. The molecule has 0 saturated carbocycles. The summed E-state index contributed by atoms with van der Waals surface area (Å²) in [4.78, 5) is 16.8. The van der Waals surface area contributed by atoms with E-state index in [0.717, 1.165) is 27.1 Å². The number of hydrogen-bond donors (Lipinski definition) is 3. The summed E-state index contributed by atoms with van der Waals surface area (Å²) in [6.07, 6.45) is 0.937. The summed E-state index contributed by atoms with van der Waals surface area (Å²) >= 11 is 1.64. The van der Waals surface area contributed by atoms with Gasteiger partial charge in [0, 0.05) is 52.5 Å². The van der Waals surface area contributed by atoms with E-state index in [1.807, 2.05) is 66.7 Å². The third-order valence-corrected chi connectivity index (χ3v) is 10.1. The second-order valence-corrected chi connectivity index (χ2v) is 13.7. The van der Waals surface area contributed by atoms with Crippen molar-refractivity contribution in [3.8, 4) is 0 Å². The van der Waals surface area contributed by atoms with Gasteiger partial charge in [-0.3, -0.25) is 14.5 Å². The maximum Gasteiger partial charge on any atom is 0.264 e. The highest BCUT2D eigenvalue weighted by Crippen LogP contribution is 2.40. The molecule has 0 bridgehead atoms. The van der Waals surface area contributed by atoms with Crippen molar-refractivity contribution in [3.63, 3.8) is 0 Å². The van der Waals surface area contributed by atoms with Crippen LogP contribution in [0.4, 0.5) is 11.4 Å². The molecule has 46 heavy (non-hydrogen) atoms. The van der Waals surface area contributed by atoms with Crippen molar-refractivity contribution in [1.29, 1.82) is 0 Å². The van der Waals surface area contributed by atoms with Crippen LogP contribution in [0, 0.1) is 0 Å². The van der Waals surface area contributed by atoms with Gasteiger partial charge in [0.1, 0.15) is 4.90 Å². The van der Waals surface area contributed by atoms with Crippen LogP contribution >= 0.6 is 11.8 Å². The molecular weight excluding hydrogens is 623 g/mol. The Hall–Kier alpha value is -4.26. The van der Waals surface area contributed by atoms with Gasteiger partial charge in [-0.2, -0.15) is 0 Å². The summed E-state index contributed by atoms with van der Waals surface area (Å²) in [6, 6.07) is 31.0. The maximum atomic E-state index is 13.5. The highest BCUT2D eigenvalue weighted by Gasteiger charge is 2.32. The molecule has 2 heterocycles. The predicted molar refractivity (Wildman–Crippen MR) is 179 cm³/mol. The fourth-order valence-electron chi connectivity index (χ4n) is 5.30. The molecule has 0 spiro atoms. The molecule has 1 saturated heterocycles. The molecule has 0 radical (unpaired) electrons. The molecule has 236 valence electrons. The van der Waals surface area contributed by atoms with Crippen LogP contribution in [0.2, 0.25) is 0 Å². The quantitative estimate of drug-likeness (QED) is 0.140. The summed E-state index contributed by atoms with van der Waals surface area (Å²) in [5.74, 6) is 0.521. The number of pyridine rings is 1. The monoisotopic (exact) mass is 655 g/mol. The smallest absolute Gasteiger partial charge is 0.264 e. The Morgan fingerprint density at radius 2 is 1.67 bits per heavy atom. The molecule has 4 aromatic carbocycles. The number of para-hydroxylation sites is 1. The summed E-state index contributed by atoms with van der Waals surface area (Å²) in [7, 11) is -3.95. The highest BCUT2D eigenvalue weighted by molar-refractivity contribution is 7.99. The van der Waals surface area contributed by atoms with Gasteiger partial charge < -0.3 is 19.9 Å². The SMILES string of the molecule is CC(=O)Nc1ccc(SCC2CC(c3ccc(CO)cc3)OC(c3cccc(NS(=O)(=O)c4cccc5cccnc45)c3)O2)cc1. The molecule has 3 atom stereocenters. The Bertz CT molecular complexity index is 1930. The predicted octanol–water partition coefficient (Wildman–Crippen LogP) is 6.82. The molecule has 3 N–H and O–H groups in total. The lowest BCUT2D eigenvalue weighted by molar-refractivity contribution is -0.245. The lowest BCUT2D eigenvalue weighted by Crippen LogP contribution is -2.31. The number of nitrogens with zero attached hydrogens (tertiary/aromatic N) is 1. The Balaban J connectivity index is 1.23. The van der Waals surface area contributed by atoms with Crippen LogP contribution in [0.5, 0.6) is 0 Å². The van der Waals surface area contributed by atoms with Crippen molar-refractivity contribution in [3.05, 3.63) is 126 Å². The van der Waals surface area contributed by atoms with Crippen LogP contribution in [0.3, 0.4) is 0 Å². The lowest BCUT2D eigenvalue weighted by atomic mass is 10.0. The van der Waals surface area contributed by atoms with Gasteiger partial charge in [0.15, 0.2) is 6.29 Å². The molecule has 6 rings (SSSR count). The Kier molecular flexibility index (Phi) is 9.67. The van der Waals surface area contributed by atoms with Crippen LogP contribution in [0.15, 0.2) is 119 Å². The fraction of sp³-hybridized carbons (Fsp3) is 0.200. The van der Waals surface area contributed by atoms with Crippen LogP contribution in [0.25, 0.3) is 10.9 Å². The number of rotatable bonds is 10. The number of hydrogen-bond acceptors (Lipinski definition) is 8. The van der Waals surface area contributed by atoms with Crippen LogP contribution in [0.1, 0.15) is 42.4 Å². The second kappa shape index (κ2) is 14.0. The molecule has 1 aliphatic rings. The van der Waals surface area contributed by atoms with Crippen molar-refractivity contribution in [2.45, 2.75) is 48.2 Å². The number of carbonyl (C=O) groups excluding carboxylic acids is 1. The summed E-state index contributed by atoms with van der Waals surface area (Å²) in [5.41, 5.74) is 3.94. The number of carbonyl (C=O) groups is 1. The van der Waals surface area contributed by atoms with E-state index >= 15 is 0 Å². The van der Waals surface area contributed by atoms with E-state index in [2.05, 4.69) is 15.0 Å². The molecule has 9 nitrogen and oxygen atoms in total. The minimum absolute atomic E-state index is 0.0466. The first-order valence-corrected chi connectivity index (χ1v) is 17.2. The summed E-state index contributed by atoms with van der Waals surface area (Å²) in [6.45, 7) is 1.43. The maximum absolute atomic E-state index is 13.5. The van der Waals surface area contributed by atoms with Crippen molar-refractivity contribution < 1.29 is 27.8 Å². The number of aromatic nitrogens is 1. The first-order valence-electron chi connectivity index (χ1n) is 14.7. The van der Waals surface area contributed by atoms with Gasteiger partial charge in [-0.15, -0.1) is 11.8 Å². The number of fused-ring (bicyclic) bond motifs is 1. The molecule has 1 amide bonds. The standard InChI is InChI=1S/C35H33N3O6S2/c1-23(40)37-28-14-16-31(17-15-28)45-22-30-20-32(25-12-10-24(21-39)11-13-25)44-35(43-30)27-6-2-8-29(19-27)38-46(41,42)33-9-3-5-26-7-4-18-36-34(26)33/h2-19,30,32,35,38-39H,20-22H2,1H3,(H,37,40). The topological polar surface area (TPSA) is 127 Å². The first kappa shape index (κ1) is 31.7. The summed E-state index contributed by atoms with van der Waals surface area (Å²) < 4.78 is 42.6. The Morgan fingerprint density at radius 1 is 0.913 bits per heavy atom. The molecule has 11 heteroatoms. The van der Waals surface area contributed by atoms with Crippen molar-refractivity contribution in [1.82, 2.24) is 4.98 Å². The second-order valence-electron chi connectivity index (χ2n) is 10.9. The molecule has 1 aromatic heterocycles. The zero-order valence-corrected chi connectivity index (χ0v) is 26.6. The largest absolute Gasteiger partial charge is 0.392 e. The molecule has 5 aromatic rings. The molecular formula is C35H33N3O6S2. The van der Waals surface area contributed by atoms with Gasteiger partial charge >= 0.3 is 0 Å². The van der Waals surface area contributed by atoms with Crippen LogP contribution in [-0.4, -0.2) is 36.3 Å². The number of thioether (sulfide) groups is 1. The number of ether oxygens (including phenoxy) is 2. The lowest BCUT2D eigenvalue weighted by Gasteiger charge is -2.36. The third kappa shape index (κ3) is 7.57. The average Bonchev–Trinajstić information content (AvgIpc) is 3.07. The first-order chi connectivity index (χ1) is 22.3. The van der Waals surface area contributed by atoms with Gasteiger partial charge in [-0.05, 0) is 59.7 Å². The zero-order chi connectivity index (χ0) is 32.1. The number of aliphatic hydroxyl groups is 1. The van der Waals surface area contributed by atoms with Crippen molar-refractivity contribution in [2.24, 2.45) is 0 Å². The highest BCUT2D eigenvalue weighted by atomic mass is 32.2. The van der Waals surface area contributed by atoms with Gasteiger partial charge in [0.05, 0.1) is 24.3 Å². The number of amides is 1. The minimum atomic E-state index is -3.95. The fourth-order valence-corrected chi connectivity index (χ4v) is 7.45. The van der Waals surface area contributed by atoms with Crippen molar-refractivity contribution in [2.75, 3.05) is 15.8 Å². The number of anilines is 2. The van der Waals surface area contributed by atoms with E-state index in [9.17, 15) is 18.3 Å². The Morgan fingerprint density at radius 3 is 2.43 bits per heavy atom. The van der Waals surface area contributed by atoms with Crippen LogP contribution in [-0.2, 0) is 30.9 Å². The number of aliphatic hydroxyl groups excluding tert-OH is 1. The molecule has 1 fully saturated rings. The van der Waals surface area contributed by atoms with E-state index in [4.69, 9.17) is 9.47 Å². The number of nitrogens with one attached hydrogen (secondary N) is 2. The van der Waals surface area contributed by atoms with E-state index in [1.165, 1.54) is 13.0 Å². The van der Waals surface area contributed by atoms with E-state index in [-0.39, 0.29) is 29.6 Å². The average molecular weight is 656 g/mol. The molecule has 3 unspecified atom stereocenters. The third-order valence-electron chi connectivity index (χ3n) is 7.52. The Labute approximate surface area is 272 Å². The summed E-state index contributed by atoms with van der Waals surface area (Å²) in [5, 5.41) is 13.0. The molecule has 0 aliphatic carbocycles. The van der Waals surface area contributed by atoms with E-state index < -0.39 is 16.3 Å². The van der Waals surface area contributed by atoms with E-state index in [0.29, 0.717) is 28.9 Å². The van der Waals surface area contributed by atoms with Crippen molar-refractivity contribution >= 4 is 50.0 Å². The number of benzene rings is 4. The van der Waals surface area contributed by atoms with Gasteiger partial charge in [-0.1, -0.05) is 54.6 Å². The minimum Gasteiger partial charge on any atom is -0.392 e. The number of sulfonamides is 1. The normalized spacial score (nSPS) is 18.3.